The maximum atomic E-state index is 10.7. The van der Waals surface area contributed by atoms with Crippen molar-refractivity contribution in [2.75, 3.05) is 0 Å². The standard InChI is InChI=1S/C9H12N2O2/c1-6-4-11(5-7-2-3-7)10-8(6)9(12)13/h4,7H,2-3,5H2,1H3,(H,12,13). The number of aromatic nitrogens is 2. The Bertz CT molecular complexity index is 339. The summed E-state index contributed by atoms with van der Waals surface area (Å²) in [7, 11) is 0. The van der Waals surface area contributed by atoms with Gasteiger partial charge >= 0.3 is 5.97 Å². The highest BCUT2D eigenvalue weighted by molar-refractivity contribution is 5.86. The lowest BCUT2D eigenvalue weighted by Crippen LogP contribution is -2.04. The molecule has 1 aliphatic carbocycles. The van der Waals surface area contributed by atoms with E-state index in [1.54, 1.807) is 11.6 Å². The molecule has 13 heavy (non-hydrogen) atoms. The van der Waals surface area contributed by atoms with Crippen molar-refractivity contribution in [3.8, 4) is 0 Å². The zero-order chi connectivity index (χ0) is 9.42. The van der Waals surface area contributed by atoms with E-state index < -0.39 is 5.97 Å². The lowest BCUT2D eigenvalue weighted by atomic mass is 10.3. The average molecular weight is 180 g/mol. The zero-order valence-corrected chi connectivity index (χ0v) is 7.53. The van der Waals surface area contributed by atoms with Crippen LogP contribution in [-0.4, -0.2) is 20.9 Å². The van der Waals surface area contributed by atoms with Gasteiger partial charge in [0, 0.05) is 18.3 Å². The predicted octanol–water partition coefficient (Wildman–Crippen LogP) is 1.30. The summed E-state index contributed by atoms with van der Waals surface area (Å²) >= 11 is 0. The monoisotopic (exact) mass is 180 g/mol. The lowest BCUT2D eigenvalue weighted by molar-refractivity contribution is 0.0688. The van der Waals surface area contributed by atoms with Gasteiger partial charge in [0.25, 0.3) is 0 Å². The molecule has 1 heterocycles. The summed E-state index contributed by atoms with van der Waals surface area (Å²) in [5.74, 6) is -0.215. The molecule has 0 spiro atoms. The van der Waals surface area contributed by atoms with Gasteiger partial charge in [-0.25, -0.2) is 4.79 Å². The number of hydrogen-bond donors (Lipinski definition) is 1. The summed E-state index contributed by atoms with van der Waals surface area (Å²) in [5.41, 5.74) is 0.925. The third-order valence-corrected chi connectivity index (χ3v) is 2.29. The highest BCUT2D eigenvalue weighted by Crippen LogP contribution is 2.30. The molecular formula is C9H12N2O2. The highest BCUT2D eigenvalue weighted by Gasteiger charge is 2.23. The third kappa shape index (κ3) is 1.71. The van der Waals surface area contributed by atoms with E-state index in [4.69, 9.17) is 5.11 Å². The van der Waals surface area contributed by atoms with Crippen LogP contribution >= 0.6 is 0 Å². The van der Waals surface area contributed by atoms with Crippen molar-refractivity contribution in [3.05, 3.63) is 17.5 Å². The number of nitrogens with zero attached hydrogens (tertiary/aromatic N) is 2. The number of aromatic carboxylic acids is 1. The fourth-order valence-electron chi connectivity index (χ4n) is 1.39. The van der Waals surface area contributed by atoms with E-state index in [-0.39, 0.29) is 5.69 Å². The summed E-state index contributed by atoms with van der Waals surface area (Å²) < 4.78 is 1.75. The first-order chi connectivity index (χ1) is 6.16. The molecule has 0 unspecified atom stereocenters. The van der Waals surface area contributed by atoms with Gasteiger partial charge in [-0.1, -0.05) is 0 Å². The summed E-state index contributed by atoms with van der Waals surface area (Å²) in [6, 6.07) is 0. The van der Waals surface area contributed by atoms with Crippen LogP contribution in [0.5, 0.6) is 0 Å². The normalized spacial score (nSPS) is 16.1. The minimum Gasteiger partial charge on any atom is -0.476 e. The Morgan fingerprint density at radius 1 is 1.77 bits per heavy atom. The van der Waals surface area contributed by atoms with E-state index in [1.807, 2.05) is 6.20 Å². The highest BCUT2D eigenvalue weighted by atomic mass is 16.4. The minimum absolute atomic E-state index is 0.181. The average Bonchev–Trinajstić information content (AvgIpc) is 2.75. The van der Waals surface area contributed by atoms with Crippen LogP contribution in [0.2, 0.25) is 0 Å². The molecular weight excluding hydrogens is 168 g/mol. The molecule has 4 heteroatoms. The van der Waals surface area contributed by atoms with Crippen molar-refractivity contribution >= 4 is 5.97 Å². The molecule has 1 aromatic heterocycles. The summed E-state index contributed by atoms with van der Waals surface area (Å²) in [6.07, 6.45) is 4.31. The Morgan fingerprint density at radius 3 is 2.92 bits per heavy atom. The third-order valence-electron chi connectivity index (χ3n) is 2.29. The number of aryl methyl sites for hydroxylation is 1. The van der Waals surface area contributed by atoms with Crippen LogP contribution in [0.3, 0.4) is 0 Å². The van der Waals surface area contributed by atoms with E-state index in [9.17, 15) is 4.79 Å². The van der Waals surface area contributed by atoms with Crippen LogP contribution in [0.25, 0.3) is 0 Å². The van der Waals surface area contributed by atoms with Crippen molar-refractivity contribution in [1.29, 1.82) is 0 Å². The van der Waals surface area contributed by atoms with Gasteiger partial charge in [0.1, 0.15) is 0 Å². The SMILES string of the molecule is Cc1cn(CC2CC2)nc1C(=O)O. The number of carboxylic acid groups (broad SMARTS) is 1. The molecule has 1 aromatic rings. The van der Waals surface area contributed by atoms with Crippen molar-refractivity contribution < 1.29 is 9.90 Å². The quantitative estimate of drug-likeness (QED) is 0.762. The van der Waals surface area contributed by atoms with E-state index in [1.165, 1.54) is 12.8 Å². The molecule has 0 bridgehead atoms. The van der Waals surface area contributed by atoms with E-state index in [0.717, 1.165) is 18.0 Å². The lowest BCUT2D eigenvalue weighted by Gasteiger charge is -1.95. The van der Waals surface area contributed by atoms with Gasteiger partial charge in [0.05, 0.1) is 0 Å². The molecule has 1 saturated carbocycles. The van der Waals surface area contributed by atoms with Gasteiger partial charge in [0.15, 0.2) is 5.69 Å². The molecule has 70 valence electrons. The smallest absolute Gasteiger partial charge is 0.356 e. The van der Waals surface area contributed by atoms with Gasteiger partial charge in [-0.3, -0.25) is 4.68 Å². The molecule has 1 fully saturated rings. The van der Waals surface area contributed by atoms with E-state index in [2.05, 4.69) is 5.10 Å². The molecule has 4 nitrogen and oxygen atoms in total. The number of rotatable bonds is 3. The zero-order valence-electron chi connectivity index (χ0n) is 7.53. The van der Waals surface area contributed by atoms with Crippen molar-refractivity contribution in [1.82, 2.24) is 9.78 Å². The maximum absolute atomic E-state index is 10.7. The van der Waals surface area contributed by atoms with Gasteiger partial charge in [-0.05, 0) is 25.7 Å². The van der Waals surface area contributed by atoms with Gasteiger partial charge in [0.2, 0.25) is 0 Å². The minimum atomic E-state index is -0.938. The first kappa shape index (κ1) is 8.29. The maximum Gasteiger partial charge on any atom is 0.356 e. The van der Waals surface area contributed by atoms with Crippen LogP contribution in [0.15, 0.2) is 6.20 Å². The number of hydrogen-bond acceptors (Lipinski definition) is 2. The molecule has 0 amide bonds. The summed E-state index contributed by atoms with van der Waals surface area (Å²) in [6.45, 7) is 2.65. The molecule has 0 radical (unpaired) electrons. The topological polar surface area (TPSA) is 55.1 Å². The van der Waals surface area contributed by atoms with Gasteiger partial charge in [-0.15, -0.1) is 0 Å². The largest absolute Gasteiger partial charge is 0.476 e. The Balaban J connectivity index is 2.18. The van der Waals surface area contributed by atoms with Gasteiger partial charge < -0.3 is 5.11 Å². The van der Waals surface area contributed by atoms with Crippen LogP contribution in [0, 0.1) is 12.8 Å². The number of carboxylic acids is 1. The Hall–Kier alpha value is -1.32. The van der Waals surface area contributed by atoms with E-state index in [0.29, 0.717) is 0 Å². The fourth-order valence-corrected chi connectivity index (χ4v) is 1.39. The van der Waals surface area contributed by atoms with E-state index >= 15 is 0 Å². The summed E-state index contributed by atoms with van der Waals surface area (Å²) in [4.78, 5) is 10.7. The molecule has 0 aliphatic heterocycles. The van der Waals surface area contributed by atoms with Crippen molar-refractivity contribution in [2.45, 2.75) is 26.3 Å². The van der Waals surface area contributed by atoms with Crippen molar-refractivity contribution in [3.63, 3.8) is 0 Å². The second kappa shape index (κ2) is 2.87. The molecule has 1 N–H and O–H groups in total. The predicted molar refractivity (Wildman–Crippen MR) is 46.6 cm³/mol. The second-order valence-electron chi connectivity index (χ2n) is 3.63. The first-order valence-corrected chi connectivity index (χ1v) is 4.44. The molecule has 0 atom stereocenters. The Morgan fingerprint density at radius 2 is 2.46 bits per heavy atom. The molecule has 0 aromatic carbocycles. The van der Waals surface area contributed by atoms with Crippen LogP contribution in [0.1, 0.15) is 28.9 Å². The first-order valence-electron chi connectivity index (χ1n) is 4.44. The molecule has 2 rings (SSSR count). The van der Waals surface area contributed by atoms with Crippen LogP contribution in [0.4, 0.5) is 0 Å². The molecule has 0 saturated heterocycles. The van der Waals surface area contributed by atoms with Crippen LogP contribution < -0.4 is 0 Å². The Kier molecular flexibility index (Phi) is 1.83. The van der Waals surface area contributed by atoms with Crippen molar-refractivity contribution in [2.24, 2.45) is 5.92 Å². The Labute approximate surface area is 76.2 Å². The van der Waals surface area contributed by atoms with Crippen LogP contribution in [-0.2, 0) is 6.54 Å². The second-order valence-corrected chi connectivity index (χ2v) is 3.63. The fraction of sp³-hybridized carbons (Fsp3) is 0.556. The molecule has 1 aliphatic rings. The summed E-state index contributed by atoms with van der Waals surface area (Å²) in [5, 5.41) is 12.8. The number of carbonyl (C=O) groups is 1. The van der Waals surface area contributed by atoms with Gasteiger partial charge in [-0.2, -0.15) is 5.10 Å².